The van der Waals surface area contributed by atoms with E-state index in [-0.39, 0.29) is 11.3 Å². The van der Waals surface area contributed by atoms with Gasteiger partial charge in [0.2, 0.25) is 5.28 Å². The summed E-state index contributed by atoms with van der Waals surface area (Å²) in [7, 11) is 1.81. The summed E-state index contributed by atoms with van der Waals surface area (Å²) in [6, 6.07) is 2.04. The highest BCUT2D eigenvalue weighted by Crippen LogP contribution is 2.17. The number of aromatic nitrogens is 5. The van der Waals surface area contributed by atoms with Crippen molar-refractivity contribution in [1.29, 1.82) is 0 Å². The van der Waals surface area contributed by atoms with Crippen LogP contribution in [0.3, 0.4) is 0 Å². The maximum atomic E-state index is 5.83. The summed E-state index contributed by atoms with van der Waals surface area (Å²) in [5.41, 5.74) is 0.760. The minimum Gasteiger partial charge on any atom is -0.463 e. The zero-order chi connectivity index (χ0) is 12.3. The Morgan fingerprint density at radius 1 is 1.35 bits per heavy atom. The highest BCUT2D eigenvalue weighted by atomic mass is 35.5. The van der Waals surface area contributed by atoms with E-state index in [1.807, 2.05) is 6.92 Å². The van der Waals surface area contributed by atoms with Crippen LogP contribution in [0.1, 0.15) is 13.3 Å². The molecule has 2 heterocycles. The molecule has 17 heavy (non-hydrogen) atoms. The second-order valence-corrected chi connectivity index (χ2v) is 3.74. The lowest BCUT2D eigenvalue weighted by atomic mass is 10.4. The van der Waals surface area contributed by atoms with Gasteiger partial charge in [0.25, 0.3) is 0 Å². The van der Waals surface area contributed by atoms with E-state index in [0.717, 1.165) is 12.1 Å². The minimum atomic E-state index is 0.113. The third kappa shape index (κ3) is 2.71. The van der Waals surface area contributed by atoms with Crippen molar-refractivity contribution in [3.05, 3.63) is 17.5 Å². The quantitative estimate of drug-likeness (QED) is 0.830. The van der Waals surface area contributed by atoms with Gasteiger partial charge in [-0.15, -0.1) is 0 Å². The van der Waals surface area contributed by atoms with Gasteiger partial charge in [-0.2, -0.15) is 20.1 Å². The Hall–Kier alpha value is -1.69. The Morgan fingerprint density at radius 2 is 2.18 bits per heavy atom. The van der Waals surface area contributed by atoms with Gasteiger partial charge in [0.1, 0.15) is 5.69 Å². The molecule has 0 aliphatic rings. The van der Waals surface area contributed by atoms with Crippen molar-refractivity contribution < 1.29 is 4.74 Å². The topological polar surface area (TPSA) is 65.7 Å². The highest BCUT2D eigenvalue weighted by Gasteiger charge is 2.10. The average molecular weight is 254 g/mol. The molecule has 0 amide bonds. The summed E-state index contributed by atoms with van der Waals surface area (Å²) in [6.07, 6.45) is 2.55. The number of halogens is 1. The molecule has 2 rings (SSSR count). The van der Waals surface area contributed by atoms with Crippen LogP contribution < -0.4 is 4.74 Å². The van der Waals surface area contributed by atoms with Crippen LogP contribution in [0.25, 0.3) is 11.5 Å². The normalized spacial score (nSPS) is 10.5. The Labute approximate surface area is 104 Å². The molecule has 0 saturated heterocycles. The molecule has 0 unspecified atom stereocenters. The number of nitrogens with zero attached hydrogens (tertiary/aromatic N) is 5. The van der Waals surface area contributed by atoms with Gasteiger partial charge in [-0.3, -0.25) is 4.68 Å². The average Bonchev–Trinajstić information content (AvgIpc) is 2.72. The van der Waals surface area contributed by atoms with Crippen LogP contribution >= 0.6 is 11.6 Å². The van der Waals surface area contributed by atoms with Gasteiger partial charge in [-0.05, 0) is 24.1 Å². The second-order valence-electron chi connectivity index (χ2n) is 3.40. The monoisotopic (exact) mass is 253 g/mol. The van der Waals surface area contributed by atoms with Gasteiger partial charge in [-0.1, -0.05) is 6.92 Å². The van der Waals surface area contributed by atoms with Crippen molar-refractivity contribution >= 4 is 11.6 Å². The first-order valence-corrected chi connectivity index (χ1v) is 5.61. The van der Waals surface area contributed by atoms with E-state index in [2.05, 4.69) is 20.1 Å². The van der Waals surface area contributed by atoms with E-state index in [1.165, 1.54) is 0 Å². The van der Waals surface area contributed by atoms with E-state index in [0.29, 0.717) is 12.4 Å². The fraction of sp³-hybridized carbons (Fsp3) is 0.400. The fourth-order valence-corrected chi connectivity index (χ4v) is 1.45. The molecular formula is C10H12ClN5O. The molecular weight excluding hydrogens is 242 g/mol. The Balaban J connectivity index is 2.35. The van der Waals surface area contributed by atoms with Gasteiger partial charge in [0.15, 0.2) is 5.82 Å². The van der Waals surface area contributed by atoms with E-state index in [9.17, 15) is 0 Å². The lowest BCUT2D eigenvalue weighted by Crippen LogP contribution is -2.04. The summed E-state index contributed by atoms with van der Waals surface area (Å²) in [6.45, 7) is 2.55. The first kappa shape index (κ1) is 11.8. The van der Waals surface area contributed by atoms with Gasteiger partial charge < -0.3 is 4.74 Å². The fourth-order valence-electron chi connectivity index (χ4n) is 1.30. The van der Waals surface area contributed by atoms with E-state index in [1.54, 1.807) is 24.0 Å². The number of hydrogen-bond acceptors (Lipinski definition) is 5. The molecule has 0 aliphatic carbocycles. The van der Waals surface area contributed by atoms with Crippen LogP contribution in [0.5, 0.6) is 6.01 Å². The number of aryl methyl sites for hydroxylation is 1. The molecule has 0 aliphatic heterocycles. The van der Waals surface area contributed by atoms with E-state index >= 15 is 0 Å². The van der Waals surface area contributed by atoms with Crippen LogP contribution in [0.2, 0.25) is 5.28 Å². The van der Waals surface area contributed by atoms with Gasteiger partial charge in [0, 0.05) is 13.2 Å². The summed E-state index contributed by atoms with van der Waals surface area (Å²) < 4.78 is 7.00. The third-order valence-electron chi connectivity index (χ3n) is 2.07. The molecule has 7 heteroatoms. The van der Waals surface area contributed by atoms with Crippen molar-refractivity contribution in [3.63, 3.8) is 0 Å². The molecule has 0 radical (unpaired) electrons. The first-order chi connectivity index (χ1) is 8.20. The van der Waals surface area contributed by atoms with Gasteiger partial charge >= 0.3 is 6.01 Å². The molecule has 2 aromatic rings. The molecule has 90 valence electrons. The molecule has 0 fully saturated rings. The molecule has 0 atom stereocenters. The summed E-state index contributed by atoms with van der Waals surface area (Å²) >= 11 is 5.83. The van der Waals surface area contributed by atoms with Crippen LogP contribution in [-0.4, -0.2) is 31.3 Å². The van der Waals surface area contributed by atoms with Crippen molar-refractivity contribution in [3.8, 4) is 17.5 Å². The predicted octanol–water partition coefficient (Wildman–Crippen LogP) is 1.71. The third-order valence-corrected chi connectivity index (χ3v) is 2.24. The van der Waals surface area contributed by atoms with E-state index < -0.39 is 0 Å². The zero-order valence-electron chi connectivity index (χ0n) is 9.59. The smallest absolute Gasteiger partial charge is 0.321 e. The lowest BCUT2D eigenvalue weighted by molar-refractivity contribution is 0.291. The number of rotatable bonds is 4. The standard InChI is InChI=1S/C10H12ClN5O/c1-3-6-17-10-14-8(13-9(11)15-10)7-4-5-12-16(7)2/h4-5H,3,6H2,1-2H3. The molecule has 0 saturated carbocycles. The predicted molar refractivity (Wildman–Crippen MR) is 62.8 cm³/mol. The van der Waals surface area contributed by atoms with E-state index in [4.69, 9.17) is 16.3 Å². The summed E-state index contributed by atoms with van der Waals surface area (Å²) in [4.78, 5) is 12.1. The Kier molecular flexibility index (Phi) is 3.53. The molecule has 6 nitrogen and oxygen atoms in total. The van der Waals surface area contributed by atoms with Crippen molar-refractivity contribution in [2.45, 2.75) is 13.3 Å². The van der Waals surface area contributed by atoms with Gasteiger partial charge in [0.05, 0.1) is 6.61 Å². The van der Waals surface area contributed by atoms with Crippen LogP contribution in [0, 0.1) is 0 Å². The molecule has 0 N–H and O–H groups in total. The number of hydrogen-bond donors (Lipinski definition) is 0. The van der Waals surface area contributed by atoms with Crippen LogP contribution in [0.15, 0.2) is 12.3 Å². The van der Waals surface area contributed by atoms with Crippen molar-refractivity contribution in [2.75, 3.05) is 6.61 Å². The molecule has 0 aromatic carbocycles. The summed E-state index contributed by atoms with van der Waals surface area (Å²) in [5, 5.41) is 4.16. The summed E-state index contributed by atoms with van der Waals surface area (Å²) in [5.74, 6) is 0.455. The SMILES string of the molecule is CCCOc1nc(Cl)nc(-c2ccnn2C)n1. The van der Waals surface area contributed by atoms with Gasteiger partial charge in [-0.25, -0.2) is 0 Å². The first-order valence-electron chi connectivity index (χ1n) is 5.23. The highest BCUT2D eigenvalue weighted by molar-refractivity contribution is 6.28. The number of ether oxygens (including phenoxy) is 1. The zero-order valence-corrected chi connectivity index (χ0v) is 10.3. The van der Waals surface area contributed by atoms with Crippen molar-refractivity contribution in [2.24, 2.45) is 7.05 Å². The largest absolute Gasteiger partial charge is 0.463 e. The Morgan fingerprint density at radius 3 is 2.82 bits per heavy atom. The van der Waals surface area contributed by atoms with Crippen LogP contribution in [0.4, 0.5) is 0 Å². The molecule has 0 spiro atoms. The maximum absolute atomic E-state index is 5.83. The molecule has 2 aromatic heterocycles. The minimum absolute atomic E-state index is 0.113. The maximum Gasteiger partial charge on any atom is 0.321 e. The van der Waals surface area contributed by atoms with Crippen LogP contribution in [-0.2, 0) is 7.05 Å². The molecule has 0 bridgehead atoms. The van der Waals surface area contributed by atoms with Crippen molar-refractivity contribution in [1.82, 2.24) is 24.7 Å². The lowest BCUT2D eigenvalue weighted by Gasteiger charge is -2.05. The Bertz CT molecular complexity index is 513. The second kappa shape index (κ2) is 5.09.